The molecule has 0 atom stereocenters. The number of rotatable bonds is 4. The van der Waals surface area contributed by atoms with E-state index in [1.807, 2.05) is 60.3 Å². The molecule has 0 radical (unpaired) electrons. The third kappa shape index (κ3) is 2.96. The molecular weight excluding hydrogens is 352 g/mol. The molecule has 126 valence electrons. The summed E-state index contributed by atoms with van der Waals surface area (Å²) in [6.45, 7) is 4.01. The lowest BCUT2D eigenvalue weighted by Gasteiger charge is -2.01. The molecular formula is C18H16N4OS2. The second-order valence-corrected chi connectivity index (χ2v) is 7.50. The van der Waals surface area contributed by atoms with E-state index in [0.717, 1.165) is 33.7 Å². The maximum atomic E-state index is 12.6. The second kappa shape index (κ2) is 6.42. The number of nitrogens with zero attached hydrogens (tertiary/aromatic N) is 3. The minimum absolute atomic E-state index is 0.128. The smallest absolute Gasteiger partial charge is 0.267 e. The van der Waals surface area contributed by atoms with Crippen molar-refractivity contribution in [2.75, 3.05) is 5.32 Å². The van der Waals surface area contributed by atoms with Gasteiger partial charge < -0.3 is 0 Å². The van der Waals surface area contributed by atoms with Crippen molar-refractivity contribution in [3.05, 3.63) is 58.0 Å². The van der Waals surface area contributed by atoms with Crippen LogP contribution < -0.4 is 5.32 Å². The van der Waals surface area contributed by atoms with Crippen LogP contribution >= 0.6 is 22.7 Å². The number of thiophene rings is 1. The summed E-state index contributed by atoms with van der Waals surface area (Å²) in [6.07, 6.45) is 0.862. The highest BCUT2D eigenvalue weighted by Crippen LogP contribution is 2.31. The number of carbonyl (C=O) groups is 1. The fourth-order valence-corrected chi connectivity index (χ4v) is 4.46. The van der Waals surface area contributed by atoms with Crippen LogP contribution in [-0.2, 0) is 6.42 Å². The van der Waals surface area contributed by atoms with Crippen molar-refractivity contribution in [2.24, 2.45) is 0 Å². The Hall–Kier alpha value is -2.51. The van der Waals surface area contributed by atoms with Gasteiger partial charge in [0.15, 0.2) is 5.13 Å². The third-order valence-corrected chi connectivity index (χ3v) is 5.82. The van der Waals surface area contributed by atoms with E-state index in [-0.39, 0.29) is 5.91 Å². The van der Waals surface area contributed by atoms with E-state index in [2.05, 4.69) is 15.4 Å². The summed E-state index contributed by atoms with van der Waals surface area (Å²) >= 11 is 2.90. The minimum Gasteiger partial charge on any atom is -0.297 e. The number of anilines is 1. The topological polar surface area (TPSA) is 59.8 Å². The van der Waals surface area contributed by atoms with Gasteiger partial charge in [0.1, 0.15) is 4.83 Å². The van der Waals surface area contributed by atoms with Crippen LogP contribution in [0.25, 0.3) is 15.9 Å². The molecule has 0 aliphatic carbocycles. The molecule has 0 aliphatic rings. The van der Waals surface area contributed by atoms with Crippen LogP contribution in [0.3, 0.4) is 0 Å². The summed E-state index contributed by atoms with van der Waals surface area (Å²) in [7, 11) is 0. The Bertz CT molecular complexity index is 1050. The zero-order valence-corrected chi connectivity index (χ0v) is 15.4. The summed E-state index contributed by atoms with van der Waals surface area (Å²) in [5.41, 5.74) is 2.89. The van der Waals surface area contributed by atoms with Crippen LogP contribution in [0.2, 0.25) is 0 Å². The van der Waals surface area contributed by atoms with Gasteiger partial charge in [0.2, 0.25) is 0 Å². The number of benzene rings is 1. The first-order valence-electron chi connectivity index (χ1n) is 7.96. The monoisotopic (exact) mass is 368 g/mol. The lowest BCUT2D eigenvalue weighted by molar-refractivity contribution is 0.103. The maximum Gasteiger partial charge on any atom is 0.267 e. The summed E-state index contributed by atoms with van der Waals surface area (Å²) in [5.74, 6) is -0.128. The van der Waals surface area contributed by atoms with E-state index in [4.69, 9.17) is 0 Å². The molecule has 3 aromatic heterocycles. The number of hydrogen-bond donors (Lipinski definition) is 1. The van der Waals surface area contributed by atoms with Crippen LogP contribution in [0.4, 0.5) is 5.13 Å². The number of carbonyl (C=O) groups excluding carboxylic acids is 1. The van der Waals surface area contributed by atoms with Gasteiger partial charge in [0.05, 0.1) is 22.0 Å². The van der Waals surface area contributed by atoms with Gasteiger partial charge >= 0.3 is 0 Å². The number of amides is 1. The fourth-order valence-electron chi connectivity index (χ4n) is 2.59. The van der Waals surface area contributed by atoms with E-state index in [0.29, 0.717) is 10.0 Å². The number of aryl methyl sites for hydroxylation is 2. The van der Waals surface area contributed by atoms with Gasteiger partial charge in [0, 0.05) is 10.8 Å². The highest BCUT2D eigenvalue weighted by atomic mass is 32.1. The zero-order chi connectivity index (χ0) is 17.4. The molecule has 1 N–H and O–H groups in total. The molecule has 0 saturated heterocycles. The van der Waals surface area contributed by atoms with Crippen molar-refractivity contribution in [2.45, 2.75) is 20.3 Å². The predicted molar refractivity (Wildman–Crippen MR) is 103 cm³/mol. The van der Waals surface area contributed by atoms with Gasteiger partial charge in [-0.05, 0) is 31.5 Å². The van der Waals surface area contributed by atoms with Crippen molar-refractivity contribution in [3.8, 4) is 5.69 Å². The first kappa shape index (κ1) is 16.0. The van der Waals surface area contributed by atoms with Crippen LogP contribution in [0.15, 0.2) is 41.8 Å². The highest BCUT2D eigenvalue weighted by Gasteiger charge is 2.18. The predicted octanol–water partition coefficient (Wildman–Crippen LogP) is 4.67. The molecule has 4 rings (SSSR count). The van der Waals surface area contributed by atoms with E-state index < -0.39 is 0 Å². The fraction of sp³-hybridized carbons (Fsp3) is 0.167. The van der Waals surface area contributed by atoms with Crippen molar-refractivity contribution < 1.29 is 4.79 Å². The van der Waals surface area contributed by atoms with Gasteiger partial charge in [0.25, 0.3) is 5.91 Å². The van der Waals surface area contributed by atoms with E-state index in [1.54, 1.807) is 0 Å². The normalized spacial score (nSPS) is 11.1. The van der Waals surface area contributed by atoms with Gasteiger partial charge in [-0.1, -0.05) is 25.1 Å². The Kier molecular flexibility index (Phi) is 4.10. The first-order valence-corrected chi connectivity index (χ1v) is 9.65. The summed E-state index contributed by atoms with van der Waals surface area (Å²) in [6, 6.07) is 11.9. The molecule has 1 amide bonds. The van der Waals surface area contributed by atoms with Gasteiger partial charge in [-0.2, -0.15) is 5.10 Å². The van der Waals surface area contributed by atoms with Crippen molar-refractivity contribution >= 4 is 43.9 Å². The zero-order valence-electron chi connectivity index (χ0n) is 13.8. The molecule has 25 heavy (non-hydrogen) atoms. The third-order valence-electron chi connectivity index (χ3n) is 3.90. The highest BCUT2D eigenvalue weighted by molar-refractivity contribution is 7.20. The number of hydrogen-bond acceptors (Lipinski definition) is 5. The van der Waals surface area contributed by atoms with E-state index >= 15 is 0 Å². The largest absolute Gasteiger partial charge is 0.297 e. The molecule has 5 nitrogen and oxygen atoms in total. The Morgan fingerprint density at radius 1 is 1.28 bits per heavy atom. The minimum atomic E-state index is -0.128. The van der Waals surface area contributed by atoms with Crippen molar-refractivity contribution in [3.63, 3.8) is 0 Å². The molecule has 0 spiro atoms. The number of thiazole rings is 1. The molecule has 0 saturated carbocycles. The van der Waals surface area contributed by atoms with E-state index in [1.165, 1.54) is 22.7 Å². The number of aromatic nitrogens is 3. The molecule has 3 heterocycles. The van der Waals surface area contributed by atoms with Crippen LogP contribution in [0, 0.1) is 6.92 Å². The van der Waals surface area contributed by atoms with Crippen molar-refractivity contribution in [1.29, 1.82) is 0 Å². The van der Waals surface area contributed by atoms with Gasteiger partial charge in [-0.25, -0.2) is 9.67 Å². The molecule has 0 bridgehead atoms. The summed E-state index contributed by atoms with van der Waals surface area (Å²) in [4.78, 5) is 18.6. The van der Waals surface area contributed by atoms with Gasteiger partial charge in [-0.3, -0.25) is 10.1 Å². The number of fused-ring (bicyclic) bond motifs is 1. The molecule has 0 aliphatic heterocycles. The van der Waals surface area contributed by atoms with Crippen LogP contribution in [-0.4, -0.2) is 20.7 Å². The Morgan fingerprint density at radius 3 is 2.80 bits per heavy atom. The summed E-state index contributed by atoms with van der Waals surface area (Å²) in [5, 5.41) is 11.1. The summed E-state index contributed by atoms with van der Waals surface area (Å²) < 4.78 is 1.89. The first-order chi connectivity index (χ1) is 12.2. The second-order valence-electron chi connectivity index (χ2n) is 5.61. The Balaban J connectivity index is 1.68. The average molecular weight is 368 g/mol. The van der Waals surface area contributed by atoms with Gasteiger partial charge in [-0.15, -0.1) is 22.7 Å². The van der Waals surface area contributed by atoms with E-state index in [9.17, 15) is 4.79 Å². The van der Waals surface area contributed by atoms with Crippen LogP contribution in [0.5, 0.6) is 0 Å². The molecule has 1 aromatic carbocycles. The number of nitrogens with one attached hydrogen (secondary N) is 1. The molecule has 0 fully saturated rings. The average Bonchev–Trinajstić information content (AvgIpc) is 3.32. The standard InChI is InChI=1S/C18H16N4OS2/c1-3-12-10-24-18(19-12)20-16(23)15-9-14-11(2)21-22(17(14)25-15)13-7-5-4-6-8-13/h4-10H,3H2,1-2H3,(H,19,20,23). The Labute approximate surface area is 153 Å². The maximum absolute atomic E-state index is 12.6. The lowest BCUT2D eigenvalue weighted by Crippen LogP contribution is -2.10. The van der Waals surface area contributed by atoms with Crippen molar-refractivity contribution in [1.82, 2.24) is 14.8 Å². The Morgan fingerprint density at radius 2 is 2.08 bits per heavy atom. The van der Waals surface area contributed by atoms with Crippen LogP contribution in [0.1, 0.15) is 28.0 Å². The molecule has 4 aromatic rings. The SMILES string of the molecule is CCc1csc(NC(=O)c2cc3c(C)nn(-c4ccccc4)c3s2)n1. The number of para-hydroxylation sites is 1. The molecule has 7 heteroatoms. The molecule has 0 unspecified atom stereocenters. The lowest BCUT2D eigenvalue weighted by atomic mass is 10.3. The quantitative estimate of drug-likeness (QED) is 0.569.